The van der Waals surface area contributed by atoms with Crippen LogP contribution in [0.5, 0.6) is 0 Å². The van der Waals surface area contributed by atoms with Gasteiger partial charge in [-0.1, -0.05) is 18.2 Å². The van der Waals surface area contributed by atoms with E-state index in [1.807, 2.05) is 31.2 Å². The topological polar surface area (TPSA) is 71.1 Å². The molecule has 0 bridgehead atoms. The quantitative estimate of drug-likeness (QED) is 0.825. The van der Waals surface area contributed by atoms with Gasteiger partial charge < -0.3 is 10.6 Å². The lowest BCUT2D eigenvalue weighted by atomic mass is 10.2. The van der Waals surface area contributed by atoms with E-state index in [0.29, 0.717) is 12.2 Å². The van der Waals surface area contributed by atoms with Gasteiger partial charge in [0, 0.05) is 24.6 Å². The standard InChI is InChI=1S/C16H17N3O2/c1-12-4-2-6-14(8-12)19-16(21)9-15(20)18-11-13-5-3-7-17-10-13/h2-8,10H,9,11H2,1H3,(H,18,20)(H,19,21). The van der Waals surface area contributed by atoms with Gasteiger partial charge in [0.25, 0.3) is 0 Å². The first-order valence-electron chi connectivity index (χ1n) is 6.65. The second kappa shape index (κ2) is 7.19. The first-order valence-corrected chi connectivity index (χ1v) is 6.65. The van der Waals surface area contributed by atoms with Gasteiger partial charge in [0.2, 0.25) is 11.8 Å². The Kier molecular flexibility index (Phi) is 5.04. The highest BCUT2D eigenvalue weighted by Gasteiger charge is 2.09. The zero-order chi connectivity index (χ0) is 15.1. The van der Waals surface area contributed by atoms with Crippen LogP contribution in [0.15, 0.2) is 48.8 Å². The number of carbonyl (C=O) groups excluding carboxylic acids is 2. The number of nitrogens with zero attached hydrogens (tertiary/aromatic N) is 1. The summed E-state index contributed by atoms with van der Waals surface area (Å²) in [4.78, 5) is 27.4. The molecule has 0 aliphatic heterocycles. The Labute approximate surface area is 123 Å². The maximum absolute atomic E-state index is 11.8. The normalized spacial score (nSPS) is 9.95. The Morgan fingerprint density at radius 1 is 1.14 bits per heavy atom. The Balaban J connectivity index is 1.78. The van der Waals surface area contributed by atoms with Gasteiger partial charge >= 0.3 is 0 Å². The SMILES string of the molecule is Cc1cccc(NC(=O)CC(=O)NCc2cccnc2)c1. The summed E-state index contributed by atoms with van der Waals surface area (Å²) in [5, 5.41) is 5.39. The molecular weight excluding hydrogens is 266 g/mol. The third-order valence-electron chi connectivity index (χ3n) is 2.84. The Hall–Kier alpha value is -2.69. The van der Waals surface area contributed by atoms with Crippen molar-refractivity contribution in [3.63, 3.8) is 0 Å². The minimum atomic E-state index is -0.329. The van der Waals surface area contributed by atoms with Crippen molar-refractivity contribution in [1.29, 1.82) is 0 Å². The monoisotopic (exact) mass is 283 g/mol. The molecule has 0 aliphatic rings. The molecule has 0 saturated heterocycles. The minimum Gasteiger partial charge on any atom is -0.352 e. The van der Waals surface area contributed by atoms with Crippen LogP contribution in [0.4, 0.5) is 5.69 Å². The molecule has 0 saturated carbocycles. The molecule has 21 heavy (non-hydrogen) atoms. The zero-order valence-electron chi connectivity index (χ0n) is 11.8. The second-order valence-corrected chi connectivity index (χ2v) is 4.73. The smallest absolute Gasteiger partial charge is 0.233 e. The van der Waals surface area contributed by atoms with Gasteiger partial charge in [-0.2, -0.15) is 0 Å². The molecule has 5 heteroatoms. The van der Waals surface area contributed by atoms with E-state index in [9.17, 15) is 9.59 Å². The maximum atomic E-state index is 11.8. The Morgan fingerprint density at radius 3 is 2.71 bits per heavy atom. The van der Waals surface area contributed by atoms with Crippen molar-refractivity contribution in [2.75, 3.05) is 5.32 Å². The van der Waals surface area contributed by atoms with Crippen LogP contribution in [-0.2, 0) is 16.1 Å². The predicted octanol–water partition coefficient (Wildman–Crippen LogP) is 2.04. The molecule has 0 atom stereocenters. The maximum Gasteiger partial charge on any atom is 0.233 e. The number of nitrogens with one attached hydrogen (secondary N) is 2. The summed E-state index contributed by atoms with van der Waals surface area (Å²) in [5.74, 6) is -0.645. The number of carbonyl (C=O) groups is 2. The van der Waals surface area contributed by atoms with E-state index in [0.717, 1.165) is 11.1 Å². The molecule has 2 amide bonds. The number of hydrogen-bond acceptors (Lipinski definition) is 3. The van der Waals surface area contributed by atoms with Gasteiger partial charge in [-0.25, -0.2) is 0 Å². The second-order valence-electron chi connectivity index (χ2n) is 4.73. The highest BCUT2D eigenvalue weighted by molar-refractivity contribution is 6.03. The summed E-state index contributed by atoms with van der Waals surface area (Å²) in [7, 11) is 0. The molecule has 1 aromatic heterocycles. The molecule has 2 aromatic rings. The zero-order valence-corrected chi connectivity index (χ0v) is 11.8. The van der Waals surface area contributed by atoms with E-state index in [1.54, 1.807) is 24.5 Å². The third kappa shape index (κ3) is 5.06. The molecular formula is C16H17N3O2. The summed E-state index contributed by atoms with van der Waals surface area (Å²) in [6, 6.07) is 11.1. The van der Waals surface area contributed by atoms with Crippen LogP contribution in [0.3, 0.4) is 0 Å². The number of hydrogen-bond donors (Lipinski definition) is 2. The Morgan fingerprint density at radius 2 is 2.00 bits per heavy atom. The van der Waals surface area contributed by atoms with Crippen LogP contribution in [0.25, 0.3) is 0 Å². The van der Waals surface area contributed by atoms with Crippen molar-refractivity contribution in [2.24, 2.45) is 0 Å². The van der Waals surface area contributed by atoms with Crippen LogP contribution in [0, 0.1) is 6.92 Å². The van der Waals surface area contributed by atoms with E-state index in [4.69, 9.17) is 0 Å². The number of rotatable bonds is 5. The molecule has 0 unspecified atom stereocenters. The number of aromatic nitrogens is 1. The van der Waals surface area contributed by atoms with Crippen LogP contribution < -0.4 is 10.6 Å². The lowest BCUT2D eigenvalue weighted by Crippen LogP contribution is -2.27. The van der Waals surface area contributed by atoms with E-state index < -0.39 is 0 Å². The van der Waals surface area contributed by atoms with E-state index in [1.165, 1.54) is 0 Å². The average Bonchev–Trinajstić information content (AvgIpc) is 2.46. The molecule has 2 N–H and O–H groups in total. The van der Waals surface area contributed by atoms with Crippen molar-refractivity contribution >= 4 is 17.5 Å². The highest BCUT2D eigenvalue weighted by atomic mass is 16.2. The summed E-state index contributed by atoms with van der Waals surface area (Å²) >= 11 is 0. The summed E-state index contributed by atoms with van der Waals surface area (Å²) in [5.41, 5.74) is 2.64. The van der Waals surface area contributed by atoms with Crippen LogP contribution in [-0.4, -0.2) is 16.8 Å². The van der Waals surface area contributed by atoms with Gasteiger partial charge in [-0.15, -0.1) is 0 Å². The summed E-state index contributed by atoms with van der Waals surface area (Å²) < 4.78 is 0. The number of anilines is 1. The van der Waals surface area contributed by atoms with Crippen molar-refractivity contribution < 1.29 is 9.59 Å². The first-order chi connectivity index (χ1) is 10.1. The van der Waals surface area contributed by atoms with E-state index >= 15 is 0 Å². The average molecular weight is 283 g/mol. The summed E-state index contributed by atoms with van der Waals surface area (Å²) in [6.45, 7) is 2.31. The summed E-state index contributed by atoms with van der Waals surface area (Å²) in [6.07, 6.45) is 3.14. The van der Waals surface area contributed by atoms with Crippen molar-refractivity contribution in [3.05, 3.63) is 59.9 Å². The third-order valence-corrected chi connectivity index (χ3v) is 2.84. The number of benzene rings is 1. The lowest BCUT2D eigenvalue weighted by molar-refractivity contribution is -0.126. The predicted molar refractivity (Wildman–Crippen MR) is 80.5 cm³/mol. The minimum absolute atomic E-state index is 0.200. The number of aryl methyl sites for hydroxylation is 1. The molecule has 2 rings (SSSR count). The van der Waals surface area contributed by atoms with Gasteiger partial charge in [0.05, 0.1) is 0 Å². The molecule has 0 radical (unpaired) electrons. The Bertz CT molecular complexity index is 626. The molecule has 0 fully saturated rings. The van der Waals surface area contributed by atoms with Gasteiger partial charge in [0.1, 0.15) is 6.42 Å². The van der Waals surface area contributed by atoms with Crippen LogP contribution in [0.2, 0.25) is 0 Å². The fourth-order valence-electron chi connectivity index (χ4n) is 1.84. The number of amides is 2. The fourth-order valence-corrected chi connectivity index (χ4v) is 1.84. The molecule has 108 valence electrons. The van der Waals surface area contributed by atoms with Crippen LogP contribution in [0.1, 0.15) is 17.5 Å². The molecule has 0 aliphatic carbocycles. The van der Waals surface area contributed by atoms with Crippen molar-refractivity contribution in [2.45, 2.75) is 19.9 Å². The molecule has 0 spiro atoms. The fraction of sp³-hybridized carbons (Fsp3) is 0.188. The van der Waals surface area contributed by atoms with Gasteiger partial charge in [-0.05, 0) is 36.2 Å². The van der Waals surface area contributed by atoms with Gasteiger partial charge in [-0.3, -0.25) is 14.6 Å². The molecule has 1 heterocycles. The molecule has 5 nitrogen and oxygen atoms in total. The number of pyridine rings is 1. The van der Waals surface area contributed by atoms with Crippen molar-refractivity contribution in [1.82, 2.24) is 10.3 Å². The van der Waals surface area contributed by atoms with Gasteiger partial charge in [0.15, 0.2) is 0 Å². The highest BCUT2D eigenvalue weighted by Crippen LogP contribution is 2.09. The largest absolute Gasteiger partial charge is 0.352 e. The van der Waals surface area contributed by atoms with E-state index in [2.05, 4.69) is 15.6 Å². The first kappa shape index (κ1) is 14.7. The van der Waals surface area contributed by atoms with Crippen LogP contribution >= 0.6 is 0 Å². The molecule has 1 aromatic carbocycles. The lowest BCUT2D eigenvalue weighted by Gasteiger charge is -2.07. The van der Waals surface area contributed by atoms with Crippen molar-refractivity contribution in [3.8, 4) is 0 Å². The van der Waals surface area contributed by atoms with E-state index in [-0.39, 0.29) is 18.2 Å².